The van der Waals surface area contributed by atoms with E-state index in [1.165, 1.54) is 27.8 Å². The van der Waals surface area contributed by atoms with E-state index >= 15 is 0 Å². The molecule has 3 aromatic rings. The lowest BCUT2D eigenvalue weighted by Crippen LogP contribution is -2.30. The van der Waals surface area contributed by atoms with Crippen LogP contribution in [0.15, 0.2) is 90.5 Å². The lowest BCUT2D eigenvalue weighted by atomic mass is 9.88. The highest BCUT2D eigenvalue weighted by molar-refractivity contribution is 5.99. The molecule has 0 heterocycles. The summed E-state index contributed by atoms with van der Waals surface area (Å²) in [6.45, 7) is 9.59. The van der Waals surface area contributed by atoms with Gasteiger partial charge in [0.15, 0.2) is 0 Å². The van der Waals surface area contributed by atoms with Crippen LogP contribution >= 0.6 is 0 Å². The van der Waals surface area contributed by atoms with Crippen molar-refractivity contribution in [3.63, 3.8) is 0 Å². The Balaban J connectivity index is 2.04. The molecule has 0 N–H and O–H groups in total. The number of likely N-dealkylation sites (N-methyl/N-ethyl adjacent to an activating group) is 1. The van der Waals surface area contributed by atoms with Gasteiger partial charge < -0.3 is 4.90 Å². The van der Waals surface area contributed by atoms with Gasteiger partial charge in [-0.05, 0) is 66.7 Å². The monoisotopic (exact) mass is 423 g/mol. The van der Waals surface area contributed by atoms with Gasteiger partial charge in [0.05, 0.1) is 0 Å². The van der Waals surface area contributed by atoms with Crippen LogP contribution in [-0.2, 0) is 4.79 Å². The van der Waals surface area contributed by atoms with Crippen LogP contribution in [0.5, 0.6) is 0 Å². The fourth-order valence-electron chi connectivity index (χ4n) is 4.10. The summed E-state index contributed by atoms with van der Waals surface area (Å²) in [5.74, 6) is 0.0984. The molecule has 0 aliphatic heterocycles. The largest absolute Gasteiger partial charge is 0.339 e. The highest BCUT2D eigenvalue weighted by atomic mass is 16.2. The molecule has 32 heavy (non-hydrogen) atoms. The van der Waals surface area contributed by atoms with Crippen LogP contribution in [0.3, 0.4) is 0 Å². The van der Waals surface area contributed by atoms with Crippen LogP contribution in [0, 0.1) is 0 Å². The van der Waals surface area contributed by atoms with E-state index in [0.717, 1.165) is 30.6 Å². The average Bonchev–Trinajstić information content (AvgIpc) is 2.85. The number of allylic oxidation sites excluding steroid dienone is 1. The number of carbonyl (C=O) groups is 1. The zero-order valence-corrected chi connectivity index (χ0v) is 19.6. The van der Waals surface area contributed by atoms with E-state index in [0.29, 0.717) is 0 Å². The summed E-state index contributed by atoms with van der Waals surface area (Å²) in [5.41, 5.74) is 8.03. The lowest BCUT2D eigenvalue weighted by molar-refractivity contribution is -0.126. The second-order valence-electron chi connectivity index (χ2n) is 7.87. The van der Waals surface area contributed by atoms with Crippen molar-refractivity contribution in [1.29, 1.82) is 0 Å². The molecule has 0 atom stereocenters. The van der Waals surface area contributed by atoms with E-state index < -0.39 is 0 Å². The number of nitrogens with zero attached hydrogens (tertiary/aromatic N) is 1. The Kier molecular flexibility index (Phi) is 8.21. The molecule has 0 spiro atoms. The Morgan fingerprint density at radius 3 is 1.72 bits per heavy atom. The van der Waals surface area contributed by atoms with E-state index in [4.69, 9.17) is 0 Å². The molecule has 164 valence electrons. The summed E-state index contributed by atoms with van der Waals surface area (Å²) in [4.78, 5) is 14.5. The molecule has 0 saturated carbocycles. The van der Waals surface area contributed by atoms with Gasteiger partial charge in [0.2, 0.25) is 5.91 Å². The molecule has 1 amide bonds. The first-order chi connectivity index (χ1) is 15.6. The summed E-state index contributed by atoms with van der Waals surface area (Å²) < 4.78 is 0. The first-order valence-corrected chi connectivity index (χ1v) is 11.5. The standard InChI is InChI=1S/C30H33NO/c1-5-28(25-14-10-8-11-15-25)29(26-16-12-9-13-17-26)27-20-18-24(19-21-27)22-23(4)30(32)31(6-2)7-3/h8-22H,5-7H2,1-4H3/b23-22+,29-28-. The molecule has 0 aromatic heterocycles. The van der Waals surface area contributed by atoms with Gasteiger partial charge >= 0.3 is 0 Å². The summed E-state index contributed by atoms with van der Waals surface area (Å²) in [6.07, 6.45) is 2.92. The molecule has 0 bridgehead atoms. The fourth-order valence-corrected chi connectivity index (χ4v) is 4.10. The first-order valence-electron chi connectivity index (χ1n) is 11.5. The van der Waals surface area contributed by atoms with Crippen molar-refractivity contribution >= 4 is 23.1 Å². The zero-order chi connectivity index (χ0) is 22.9. The second-order valence-corrected chi connectivity index (χ2v) is 7.87. The second kappa shape index (κ2) is 11.3. The third-order valence-corrected chi connectivity index (χ3v) is 5.81. The number of hydrogen-bond donors (Lipinski definition) is 0. The molecular weight excluding hydrogens is 390 g/mol. The average molecular weight is 424 g/mol. The topological polar surface area (TPSA) is 20.3 Å². The molecule has 3 rings (SSSR count). The van der Waals surface area contributed by atoms with Crippen molar-refractivity contribution in [2.45, 2.75) is 34.1 Å². The molecule has 0 radical (unpaired) electrons. The Morgan fingerprint density at radius 1 is 0.719 bits per heavy atom. The SMILES string of the molecule is CC/C(=C(\c1ccccc1)c1ccc(/C=C(\C)C(=O)N(CC)CC)cc1)c1ccccc1. The Bertz CT molecular complexity index is 1070. The fraction of sp³-hybridized carbons (Fsp3) is 0.233. The van der Waals surface area contributed by atoms with Crippen molar-refractivity contribution in [1.82, 2.24) is 4.90 Å². The van der Waals surface area contributed by atoms with Gasteiger partial charge in [0.25, 0.3) is 0 Å². The van der Waals surface area contributed by atoms with Crippen molar-refractivity contribution < 1.29 is 4.79 Å². The molecule has 0 aliphatic carbocycles. The zero-order valence-electron chi connectivity index (χ0n) is 19.6. The van der Waals surface area contributed by atoms with Gasteiger partial charge in [-0.2, -0.15) is 0 Å². The summed E-state index contributed by atoms with van der Waals surface area (Å²) in [7, 11) is 0. The van der Waals surface area contributed by atoms with Crippen LogP contribution < -0.4 is 0 Å². The van der Waals surface area contributed by atoms with E-state index in [2.05, 4.69) is 91.9 Å². The lowest BCUT2D eigenvalue weighted by Gasteiger charge is -2.19. The van der Waals surface area contributed by atoms with E-state index in [1.807, 2.05) is 31.7 Å². The highest BCUT2D eigenvalue weighted by Gasteiger charge is 2.14. The van der Waals surface area contributed by atoms with Gasteiger partial charge in [0, 0.05) is 18.7 Å². The van der Waals surface area contributed by atoms with Crippen LogP contribution in [-0.4, -0.2) is 23.9 Å². The summed E-state index contributed by atoms with van der Waals surface area (Å²) in [5, 5.41) is 0. The molecule has 0 fully saturated rings. The van der Waals surface area contributed by atoms with E-state index in [1.54, 1.807) is 0 Å². The Hall–Kier alpha value is -3.39. The molecule has 0 aliphatic rings. The highest BCUT2D eigenvalue weighted by Crippen LogP contribution is 2.34. The normalized spacial score (nSPS) is 12.3. The van der Waals surface area contributed by atoms with Crippen molar-refractivity contribution in [2.24, 2.45) is 0 Å². The van der Waals surface area contributed by atoms with Gasteiger partial charge in [-0.15, -0.1) is 0 Å². The maximum atomic E-state index is 12.6. The maximum Gasteiger partial charge on any atom is 0.249 e. The minimum Gasteiger partial charge on any atom is -0.339 e. The minimum absolute atomic E-state index is 0.0984. The van der Waals surface area contributed by atoms with Gasteiger partial charge in [-0.25, -0.2) is 0 Å². The predicted octanol–water partition coefficient (Wildman–Crippen LogP) is 7.33. The molecule has 3 aromatic carbocycles. The molecule has 0 saturated heterocycles. The van der Waals surface area contributed by atoms with Gasteiger partial charge in [-0.1, -0.05) is 91.9 Å². The van der Waals surface area contributed by atoms with Crippen LogP contribution in [0.4, 0.5) is 0 Å². The first kappa shape index (κ1) is 23.3. The summed E-state index contributed by atoms with van der Waals surface area (Å²) >= 11 is 0. The molecule has 2 nitrogen and oxygen atoms in total. The Labute approximate surface area is 192 Å². The van der Waals surface area contributed by atoms with Crippen molar-refractivity contribution in [3.8, 4) is 0 Å². The number of benzene rings is 3. The van der Waals surface area contributed by atoms with Crippen LogP contribution in [0.2, 0.25) is 0 Å². The molecule has 2 heteroatoms. The van der Waals surface area contributed by atoms with Crippen molar-refractivity contribution in [2.75, 3.05) is 13.1 Å². The molecule has 0 unspecified atom stereocenters. The van der Waals surface area contributed by atoms with Gasteiger partial charge in [0.1, 0.15) is 0 Å². The third-order valence-electron chi connectivity index (χ3n) is 5.81. The third kappa shape index (κ3) is 5.45. The maximum absolute atomic E-state index is 12.6. The quantitative estimate of drug-likeness (QED) is 0.274. The number of hydrogen-bond acceptors (Lipinski definition) is 1. The number of carbonyl (C=O) groups excluding carboxylic acids is 1. The smallest absolute Gasteiger partial charge is 0.249 e. The van der Waals surface area contributed by atoms with Gasteiger partial charge in [-0.3, -0.25) is 4.79 Å². The predicted molar refractivity (Wildman–Crippen MR) is 137 cm³/mol. The van der Waals surface area contributed by atoms with Crippen molar-refractivity contribution in [3.05, 3.63) is 113 Å². The summed E-state index contributed by atoms with van der Waals surface area (Å²) in [6, 6.07) is 29.7. The number of rotatable bonds is 8. The van der Waals surface area contributed by atoms with Crippen LogP contribution in [0.1, 0.15) is 56.4 Å². The number of amides is 1. The van der Waals surface area contributed by atoms with Crippen LogP contribution in [0.25, 0.3) is 17.2 Å². The Morgan fingerprint density at radius 2 is 1.22 bits per heavy atom. The minimum atomic E-state index is 0.0984. The van der Waals surface area contributed by atoms with E-state index in [-0.39, 0.29) is 5.91 Å². The van der Waals surface area contributed by atoms with E-state index in [9.17, 15) is 4.79 Å². The molecular formula is C30H33NO.